The van der Waals surface area contributed by atoms with Crippen molar-refractivity contribution in [2.45, 2.75) is 0 Å². The van der Waals surface area contributed by atoms with Crippen LogP contribution in [0.2, 0.25) is 0 Å². The summed E-state index contributed by atoms with van der Waals surface area (Å²) in [5.74, 6) is 1.03. The Morgan fingerprint density at radius 3 is 2.56 bits per heavy atom. The summed E-state index contributed by atoms with van der Waals surface area (Å²) < 4.78 is 5.07. The third kappa shape index (κ3) is 2.91. The first-order chi connectivity index (χ1) is 8.69. The largest absolute Gasteiger partial charge is 0.507 e. The Morgan fingerprint density at radius 2 is 1.89 bits per heavy atom. The Morgan fingerprint density at radius 1 is 1.17 bits per heavy atom. The van der Waals surface area contributed by atoms with Crippen LogP contribution in [0.5, 0.6) is 11.5 Å². The molecular formula is C14H14BNO2. The highest BCUT2D eigenvalue weighted by Gasteiger charge is 1.98. The molecule has 0 atom stereocenters. The number of rotatable bonds is 3. The lowest BCUT2D eigenvalue weighted by Gasteiger charge is -2.01. The minimum atomic E-state index is 0.234. The number of phenolic OH excluding ortho intramolecular Hbond substituents is 1. The van der Waals surface area contributed by atoms with E-state index in [-0.39, 0.29) is 5.75 Å². The molecule has 0 saturated heterocycles. The van der Waals surface area contributed by atoms with Crippen LogP contribution in [-0.4, -0.2) is 26.3 Å². The molecule has 4 heteroatoms. The van der Waals surface area contributed by atoms with E-state index in [9.17, 15) is 5.11 Å². The third-order valence-corrected chi connectivity index (χ3v) is 2.61. The zero-order valence-corrected chi connectivity index (χ0v) is 10.4. The van der Waals surface area contributed by atoms with Crippen molar-refractivity contribution in [3.05, 3.63) is 48.0 Å². The van der Waals surface area contributed by atoms with Gasteiger partial charge in [-0.25, -0.2) is 0 Å². The van der Waals surface area contributed by atoms with E-state index in [0.717, 1.165) is 16.9 Å². The van der Waals surface area contributed by atoms with Crippen LogP contribution in [0.4, 0.5) is 5.69 Å². The lowest BCUT2D eigenvalue weighted by molar-refractivity contribution is 0.415. The van der Waals surface area contributed by atoms with E-state index in [0.29, 0.717) is 5.56 Å². The lowest BCUT2D eigenvalue weighted by atomic mass is 9.94. The van der Waals surface area contributed by atoms with Crippen molar-refractivity contribution in [3.8, 4) is 11.5 Å². The SMILES string of the molecule is Bc1ccc(O)c(/C=N/c2ccc(OC)cc2)c1. The fourth-order valence-electron chi connectivity index (χ4n) is 1.59. The monoisotopic (exact) mass is 239 g/mol. The summed E-state index contributed by atoms with van der Waals surface area (Å²) in [6.07, 6.45) is 1.66. The Hall–Kier alpha value is -2.23. The van der Waals surface area contributed by atoms with E-state index in [1.807, 2.05) is 44.2 Å². The van der Waals surface area contributed by atoms with Gasteiger partial charge in [0.25, 0.3) is 0 Å². The Labute approximate surface area is 107 Å². The summed E-state index contributed by atoms with van der Waals surface area (Å²) in [5, 5.41) is 9.68. The van der Waals surface area contributed by atoms with Gasteiger partial charge in [-0.1, -0.05) is 17.6 Å². The normalized spacial score (nSPS) is 10.7. The number of ether oxygens (including phenoxy) is 1. The van der Waals surface area contributed by atoms with Crippen LogP contribution in [0, 0.1) is 0 Å². The molecule has 0 aliphatic carbocycles. The molecule has 0 fully saturated rings. The summed E-state index contributed by atoms with van der Waals surface area (Å²) in [7, 11) is 3.60. The first kappa shape index (κ1) is 12.2. The van der Waals surface area contributed by atoms with Gasteiger partial charge in [-0.2, -0.15) is 0 Å². The Bertz CT molecular complexity index is 565. The van der Waals surface area contributed by atoms with E-state index in [1.165, 1.54) is 0 Å². The number of phenols is 1. The van der Waals surface area contributed by atoms with E-state index in [1.54, 1.807) is 19.4 Å². The van der Waals surface area contributed by atoms with Gasteiger partial charge in [0.1, 0.15) is 19.3 Å². The van der Waals surface area contributed by atoms with Crippen molar-refractivity contribution in [1.82, 2.24) is 0 Å². The zero-order chi connectivity index (χ0) is 13.0. The van der Waals surface area contributed by atoms with Gasteiger partial charge in [-0.15, -0.1) is 0 Å². The summed E-state index contributed by atoms with van der Waals surface area (Å²) in [4.78, 5) is 4.31. The number of methoxy groups -OCH3 is 1. The summed E-state index contributed by atoms with van der Waals surface area (Å²) in [6, 6.07) is 12.9. The number of hydrogen-bond acceptors (Lipinski definition) is 3. The summed E-state index contributed by atoms with van der Waals surface area (Å²) >= 11 is 0. The average Bonchev–Trinajstić information content (AvgIpc) is 2.40. The maximum Gasteiger partial charge on any atom is 0.139 e. The van der Waals surface area contributed by atoms with Crippen molar-refractivity contribution in [2.75, 3.05) is 7.11 Å². The molecule has 3 nitrogen and oxygen atoms in total. The summed E-state index contributed by atoms with van der Waals surface area (Å²) in [5.41, 5.74) is 2.62. The highest BCUT2D eigenvalue weighted by molar-refractivity contribution is 6.32. The van der Waals surface area contributed by atoms with Crippen molar-refractivity contribution in [3.63, 3.8) is 0 Å². The molecule has 0 bridgehead atoms. The highest BCUT2D eigenvalue weighted by Crippen LogP contribution is 2.18. The Balaban J connectivity index is 2.21. The smallest absolute Gasteiger partial charge is 0.139 e. The van der Waals surface area contributed by atoms with Crippen LogP contribution in [0.25, 0.3) is 0 Å². The number of benzene rings is 2. The standard InChI is InChI=1S/C14H14BNO2/c1-18-13-5-3-12(4-6-13)16-9-10-8-11(15)2-7-14(10)17/h2-9,17H,15H2,1H3/b16-9+. The van der Waals surface area contributed by atoms with Crippen LogP contribution >= 0.6 is 0 Å². The maximum atomic E-state index is 9.68. The molecule has 0 saturated carbocycles. The number of aromatic hydroxyl groups is 1. The zero-order valence-electron chi connectivity index (χ0n) is 10.4. The van der Waals surface area contributed by atoms with Crippen molar-refractivity contribution in [2.24, 2.45) is 4.99 Å². The second-order valence-electron chi connectivity index (χ2n) is 4.02. The number of nitrogens with zero attached hydrogens (tertiary/aromatic N) is 1. The van der Waals surface area contributed by atoms with Gasteiger partial charge < -0.3 is 9.84 Å². The summed E-state index contributed by atoms with van der Waals surface area (Å²) in [6.45, 7) is 0. The fraction of sp³-hybridized carbons (Fsp3) is 0.0714. The second-order valence-corrected chi connectivity index (χ2v) is 4.02. The van der Waals surface area contributed by atoms with Gasteiger partial charge in [0, 0.05) is 11.8 Å². The third-order valence-electron chi connectivity index (χ3n) is 2.61. The minimum absolute atomic E-state index is 0.234. The second kappa shape index (κ2) is 5.40. The minimum Gasteiger partial charge on any atom is -0.507 e. The Kier molecular flexibility index (Phi) is 3.67. The van der Waals surface area contributed by atoms with Crippen LogP contribution < -0.4 is 10.2 Å². The van der Waals surface area contributed by atoms with Crippen molar-refractivity contribution >= 4 is 25.2 Å². The van der Waals surface area contributed by atoms with E-state index in [2.05, 4.69) is 4.99 Å². The predicted octanol–water partition coefficient (Wildman–Crippen LogP) is 1.41. The van der Waals surface area contributed by atoms with E-state index < -0.39 is 0 Å². The molecule has 90 valence electrons. The molecule has 2 aromatic rings. The van der Waals surface area contributed by atoms with Gasteiger partial charge in [0.05, 0.1) is 12.8 Å². The number of aliphatic imine (C=N–C) groups is 1. The maximum absolute atomic E-state index is 9.68. The molecular weight excluding hydrogens is 225 g/mol. The van der Waals surface area contributed by atoms with Gasteiger partial charge >= 0.3 is 0 Å². The fourth-order valence-corrected chi connectivity index (χ4v) is 1.59. The van der Waals surface area contributed by atoms with Gasteiger partial charge in [-0.3, -0.25) is 4.99 Å². The van der Waals surface area contributed by atoms with Crippen molar-refractivity contribution < 1.29 is 9.84 Å². The first-order valence-electron chi connectivity index (χ1n) is 5.67. The predicted molar refractivity (Wildman–Crippen MR) is 76.5 cm³/mol. The molecule has 0 spiro atoms. The molecule has 0 heterocycles. The van der Waals surface area contributed by atoms with E-state index in [4.69, 9.17) is 4.74 Å². The molecule has 1 N–H and O–H groups in total. The molecule has 0 amide bonds. The molecule has 18 heavy (non-hydrogen) atoms. The first-order valence-corrected chi connectivity index (χ1v) is 5.67. The molecule has 0 radical (unpaired) electrons. The van der Waals surface area contributed by atoms with Crippen LogP contribution in [-0.2, 0) is 0 Å². The molecule has 0 aliphatic heterocycles. The van der Waals surface area contributed by atoms with Crippen molar-refractivity contribution in [1.29, 1.82) is 0 Å². The molecule has 2 rings (SSSR count). The van der Waals surface area contributed by atoms with E-state index >= 15 is 0 Å². The molecule has 0 aliphatic rings. The number of hydrogen-bond donors (Lipinski definition) is 1. The van der Waals surface area contributed by atoms with Gasteiger partial charge in [0.15, 0.2) is 0 Å². The average molecular weight is 239 g/mol. The molecule has 2 aromatic carbocycles. The van der Waals surface area contributed by atoms with Gasteiger partial charge in [0.2, 0.25) is 0 Å². The molecule has 0 aromatic heterocycles. The van der Waals surface area contributed by atoms with Gasteiger partial charge in [-0.05, 0) is 30.3 Å². The van der Waals surface area contributed by atoms with Crippen LogP contribution in [0.3, 0.4) is 0 Å². The highest BCUT2D eigenvalue weighted by atomic mass is 16.5. The quantitative estimate of drug-likeness (QED) is 0.649. The van der Waals surface area contributed by atoms with Crippen LogP contribution in [0.1, 0.15) is 5.56 Å². The van der Waals surface area contributed by atoms with Crippen LogP contribution in [0.15, 0.2) is 47.5 Å². The molecule has 0 unspecified atom stereocenters. The topological polar surface area (TPSA) is 41.8 Å². The lowest BCUT2D eigenvalue weighted by Crippen LogP contribution is -2.02.